The van der Waals surface area contributed by atoms with Gasteiger partial charge in [0.15, 0.2) is 11.5 Å². The highest BCUT2D eigenvalue weighted by molar-refractivity contribution is 6.30. The zero-order chi connectivity index (χ0) is 23.8. The van der Waals surface area contributed by atoms with Crippen LogP contribution < -0.4 is 14.8 Å². The Morgan fingerprint density at radius 3 is 2.44 bits per heavy atom. The molecule has 0 radical (unpaired) electrons. The van der Waals surface area contributed by atoms with Crippen molar-refractivity contribution < 1.29 is 14.3 Å². The zero-order valence-corrected chi connectivity index (χ0v) is 20.1. The van der Waals surface area contributed by atoms with Gasteiger partial charge in [0.2, 0.25) is 5.91 Å². The fourth-order valence-electron chi connectivity index (χ4n) is 4.36. The Balaban J connectivity index is 1.65. The molecule has 1 aliphatic heterocycles. The van der Waals surface area contributed by atoms with Gasteiger partial charge in [-0.1, -0.05) is 41.9 Å². The molecule has 0 saturated carbocycles. The number of hydrogen-bond acceptors (Lipinski definition) is 5. The highest BCUT2D eigenvalue weighted by Crippen LogP contribution is 2.32. The summed E-state index contributed by atoms with van der Waals surface area (Å²) in [5.74, 6) is 1.40. The number of para-hydroxylation sites is 2. The second-order valence-electron chi connectivity index (χ2n) is 8.26. The van der Waals surface area contributed by atoms with Gasteiger partial charge < -0.3 is 19.7 Å². The Morgan fingerprint density at radius 1 is 1.06 bits per heavy atom. The van der Waals surface area contributed by atoms with Crippen LogP contribution in [0.15, 0.2) is 72.9 Å². The third-order valence-electron chi connectivity index (χ3n) is 6.10. The first-order chi connectivity index (χ1) is 16.7. The van der Waals surface area contributed by atoms with Gasteiger partial charge in [-0.2, -0.15) is 0 Å². The maximum Gasteiger partial charge on any atom is 0.226 e. The number of halogens is 1. The average Bonchev–Trinajstić information content (AvgIpc) is 2.90. The fourth-order valence-corrected chi connectivity index (χ4v) is 4.48. The smallest absolute Gasteiger partial charge is 0.226 e. The molecule has 0 unspecified atom stereocenters. The van der Waals surface area contributed by atoms with Crippen LogP contribution in [0.5, 0.6) is 11.5 Å². The fraction of sp³-hybridized carbons (Fsp3) is 0.333. The summed E-state index contributed by atoms with van der Waals surface area (Å²) in [4.78, 5) is 20.4. The summed E-state index contributed by atoms with van der Waals surface area (Å²) < 4.78 is 11.5. The van der Waals surface area contributed by atoms with Gasteiger partial charge in [0.05, 0.1) is 25.4 Å². The molecule has 0 spiro atoms. The maximum absolute atomic E-state index is 13.9. The summed E-state index contributed by atoms with van der Waals surface area (Å²) in [6, 6.07) is 20.6. The molecule has 7 heteroatoms. The molecular formula is C27H30ClN3O3. The normalized spacial score (nSPS) is 14.9. The molecule has 1 saturated heterocycles. The maximum atomic E-state index is 13.9. The lowest BCUT2D eigenvalue weighted by atomic mass is 9.93. The van der Waals surface area contributed by atoms with Crippen LogP contribution in [0.2, 0.25) is 5.02 Å². The minimum Gasteiger partial charge on any atom is -0.493 e. The van der Waals surface area contributed by atoms with E-state index in [1.165, 1.54) is 0 Å². The van der Waals surface area contributed by atoms with Gasteiger partial charge >= 0.3 is 0 Å². The molecule has 2 aromatic carbocycles. The molecule has 3 aromatic rings. The van der Waals surface area contributed by atoms with Crippen LogP contribution in [-0.4, -0.2) is 49.1 Å². The summed E-state index contributed by atoms with van der Waals surface area (Å²) in [6.45, 7) is 2.42. The van der Waals surface area contributed by atoms with Crippen molar-refractivity contribution in [3.05, 3.63) is 89.2 Å². The minimum absolute atomic E-state index is 0.0361. The highest BCUT2D eigenvalue weighted by atomic mass is 35.5. The van der Waals surface area contributed by atoms with E-state index in [2.05, 4.69) is 10.3 Å². The number of nitrogens with zero attached hydrogens (tertiary/aromatic N) is 2. The van der Waals surface area contributed by atoms with Gasteiger partial charge in [-0.05, 0) is 67.9 Å². The van der Waals surface area contributed by atoms with Gasteiger partial charge in [-0.15, -0.1) is 0 Å². The van der Waals surface area contributed by atoms with Crippen molar-refractivity contribution >= 4 is 17.5 Å². The SMILES string of the molecule is COc1ccccc1OCCN(C(=O)C1CCNCC1)[C@H](c1ccc(Cl)cc1)c1ccccn1. The van der Waals surface area contributed by atoms with Crippen molar-refractivity contribution in [2.75, 3.05) is 33.4 Å². The number of piperidine rings is 1. The highest BCUT2D eigenvalue weighted by Gasteiger charge is 2.33. The molecule has 1 fully saturated rings. The molecule has 1 N–H and O–H groups in total. The van der Waals surface area contributed by atoms with Crippen molar-refractivity contribution in [1.29, 1.82) is 0 Å². The standard InChI is InChI=1S/C27H30ClN3O3/c1-33-24-7-2-3-8-25(24)34-19-18-31(27(32)21-13-16-29-17-14-21)26(23-6-4-5-15-30-23)20-9-11-22(28)12-10-20/h2-12,15,21,26,29H,13-14,16-19H2,1H3/t26-/m1/s1. The molecule has 1 atom stereocenters. The molecule has 1 amide bonds. The molecule has 34 heavy (non-hydrogen) atoms. The van der Waals surface area contributed by atoms with Crippen molar-refractivity contribution in [3.63, 3.8) is 0 Å². The molecule has 178 valence electrons. The van der Waals surface area contributed by atoms with Crippen LogP contribution in [0.1, 0.15) is 30.1 Å². The zero-order valence-electron chi connectivity index (χ0n) is 19.3. The summed E-state index contributed by atoms with van der Waals surface area (Å²) in [5, 5.41) is 4.00. The van der Waals surface area contributed by atoms with E-state index in [0.29, 0.717) is 29.7 Å². The van der Waals surface area contributed by atoms with E-state index in [-0.39, 0.29) is 17.9 Å². The second-order valence-corrected chi connectivity index (χ2v) is 8.70. The monoisotopic (exact) mass is 479 g/mol. The second kappa shape index (κ2) is 11.9. The van der Waals surface area contributed by atoms with Crippen LogP contribution in [0, 0.1) is 5.92 Å². The first kappa shape index (κ1) is 24.0. The quantitative estimate of drug-likeness (QED) is 0.480. The Kier molecular flexibility index (Phi) is 8.39. The van der Waals surface area contributed by atoms with Crippen LogP contribution in [0.3, 0.4) is 0 Å². The van der Waals surface area contributed by atoms with E-state index in [0.717, 1.165) is 37.2 Å². The van der Waals surface area contributed by atoms with Crippen molar-refractivity contribution in [2.45, 2.75) is 18.9 Å². The lowest BCUT2D eigenvalue weighted by Crippen LogP contribution is -2.45. The van der Waals surface area contributed by atoms with Gasteiger partial charge in [0, 0.05) is 17.1 Å². The number of amides is 1. The third kappa shape index (κ3) is 5.88. The number of hydrogen-bond donors (Lipinski definition) is 1. The minimum atomic E-state index is -0.345. The lowest BCUT2D eigenvalue weighted by molar-refractivity contribution is -0.138. The van der Waals surface area contributed by atoms with Gasteiger partial charge in [-0.25, -0.2) is 0 Å². The number of nitrogens with one attached hydrogen (secondary N) is 1. The Morgan fingerprint density at radius 2 is 1.76 bits per heavy atom. The number of benzene rings is 2. The Hall–Kier alpha value is -3.09. The molecule has 1 aromatic heterocycles. The molecule has 0 bridgehead atoms. The van der Waals surface area contributed by atoms with Crippen LogP contribution in [0.25, 0.3) is 0 Å². The number of carbonyl (C=O) groups excluding carboxylic acids is 1. The Bertz CT molecular complexity index is 1060. The first-order valence-corrected chi connectivity index (χ1v) is 12.0. The van der Waals surface area contributed by atoms with Crippen LogP contribution in [0.4, 0.5) is 0 Å². The predicted octanol–water partition coefficient (Wildman–Crippen LogP) is 4.74. The van der Waals surface area contributed by atoms with E-state index in [1.54, 1.807) is 13.3 Å². The molecule has 4 rings (SSSR count). The summed E-state index contributed by atoms with van der Waals surface area (Å²) in [5.41, 5.74) is 1.77. The number of pyridine rings is 1. The number of aromatic nitrogens is 1. The number of methoxy groups -OCH3 is 1. The molecule has 1 aliphatic rings. The molecule has 2 heterocycles. The van der Waals surface area contributed by atoms with Gasteiger partial charge in [0.25, 0.3) is 0 Å². The summed E-state index contributed by atoms with van der Waals surface area (Å²) in [6.07, 6.45) is 3.40. The van der Waals surface area contributed by atoms with E-state index in [1.807, 2.05) is 71.6 Å². The summed E-state index contributed by atoms with van der Waals surface area (Å²) in [7, 11) is 1.62. The topological polar surface area (TPSA) is 63.7 Å². The van der Waals surface area contributed by atoms with E-state index in [9.17, 15) is 4.79 Å². The third-order valence-corrected chi connectivity index (χ3v) is 6.35. The van der Waals surface area contributed by atoms with E-state index >= 15 is 0 Å². The number of rotatable bonds is 9. The van der Waals surface area contributed by atoms with Gasteiger partial charge in [0.1, 0.15) is 6.61 Å². The lowest BCUT2D eigenvalue weighted by Gasteiger charge is -2.35. The average molecular weight is 480 g/mol. The van der Waals surface area contributed by atoms with E-state index < -0.39 is 0 Å². The van der Waals surface area contributed by atoms with Crippen molar-refractivity contribution in [3.8, 4) is 11.5 Å². The summed E-state index contributed by atoms with van der Waals surface area (Å²) >= 11 is 6.17. The predicted molar refractivity (Wildman–Crippen MR) is 133 cm³/mol. The molecule has 6 nitrogen and oxygen atoms in total. The number of carbonyl (C=O) groups is 1. The Labute approximate surface area is 205 Å². The van der Waals surface area contributed by atoms with Gasteiger partial charge in [-0.3, -0.25) is 9.78 Å². The van der Waals surface area contributed by atoms with Crippen LogP contribution in [-0.2, 0) is 4.79 Å². The first-order valence-electron chi connectivity index (χ1n) is 11.6. The molecular weight excluding hydrogens is 450 g/mol. The van der Waals surface area contributed by atoms with Crippen LogP contribution >= 0.6 is 11.6 Å². The van der Waals surface area contributed by atoms with Crippen molar-refractivity contribution in [1.82, 2.24) is 15.2 Å². The van der Waals surface area contributed by atoms with Crippen molar-refractivity contribution in [2.24, 2.45) is 5.92 Å². The van der Waals surface area contributed by atoms with E-state index in [4.69, 9.17) is 21.1 Å². The largest absolute Gasteiger partial charge is 0.493 e. The molecule has 0 aliphatic carbocycles. The number of ether oxygens (including phenoxy) is 2.